The second-order valence-corrected chi connectivity index (χ2v) is 9.07. The molecule has 0 radical (unpaired) electrons. The lowest BCUT2D eigenvalue weighted by atomic mass is 10.1. The average Bonchev–Trinajstić information content (AvgIpc) is 3.51. The number of nitrogens with one attached hydrogen (secondary N) is 2. The van der Waals surface area contributed by atoms with Crippen LogP contribution in [0.25, 0.3) is 5.69 Å². The molecule has 0 fully saturated rings. The van der Waals surface area contributed by atoms with Crippen molar-refractivity contribution in [3.8, 4) is 5.69 Å². The molecule has 180 valence electrons. The number of benzene rings is 2. The van der Waals surface area contributed by atoms with Crippen LogP contribution in [0.3, 0.4) is 0 Å². The fourth-order valence-corrected chi connectivity index (χ4v) is 4.52. The van der Waals surface area contributed by atoms with Gasteiger partial charge in [0, 0.05) is 29.3 Å². The number of furan rings is 1. The van der Waals surface area contributed by atoms with E-state index in [1.807, 2.05) is 67.1 Å². The van der Waals surface area contributed by atoms with E-state index in [-0.39, 0.29) is 17.6 Å². The Labute approximate surface area is 209 Å². The quantitative estimate of drug-likeness (QED) is 0.312. The van der Waals surface area contributed by atoms with Crippen molar-refractivity contribution in [2.75, 3.05) is 11.1 Å². The van der Waals surface area contributed by atoms with Gasteiger partial charge in [0.15, 0.2) is 5.16 Å². The van der Waals surface area contributed by atoms with Crippen LogP contribution in [0.4, 0.5) is 5.69 Å². The zero-order valence-electron chi connectivity index (χ0n) is 20.0. The maximum Gasteiger partial charge on any atom is 0.251 e. The van der Waals surface area contributed by atoms with Crippen molar-refractivity contribution >= 4 is 29.3 Å². The molecule has 2 heterocycles. The van der Waals surface area contributed by atoms with E-state index in [4.69, 9.17) is 4.42 Å². The Balaban J connectivity index is 1.41. The molecule has 8 heteroatoms. The van der Waals surface area contributed by atoms with Crippen LogP contribution >= 0.6 is 11.8 Å². The van der Waals surface area contributed by atoms with Crippen molar-refractivity contribution < 1.29 is 14.0 Å². The molecule has 7 nitrogen and oxygen atoms in total. The third-order valence-corrected chi connectivity index (χ3v) is 6.52. The van der Waals surface area contributed by atoms with Crippen molar-refractivity contribution in [2.45, 2.75) is 38.9 Å². The van der Waals surface area contributed by atoms with Crippen molar-refractivity contribution in [3.63, 3.8) is 0 Å². The van der Waals surface area contributed by atoms with E-state index >= 15 is 0 Å². The van der Waals surface area contributed by atoms with Crippen LogP contribution < -0.4 is 10.6 Å². The summed E-state index contributed by atoms with van der Waals surface area (Å²) in [7, 11) is 0. The molecule has 0 aliphatic heterocycles. The lowest BCUT2D eigenvalue weighted by Crippen LogP contribution is -2.22. The summed E-state index contributed by atoms with van der Waals surface area (Å²) >= 11 is 1.35. The normalized spacial score (nSPS) is 10.8. The SMILES string of the molecule is CCc1cccc(C)c1NC(=O)CSc1nccn1-c1cccc(C(=O)NCc2ccc(C)o2)c1. The Morgan fingerprint density at radius 1 is 1.09 bits per heavy atom. The molecule has 0 spiro atoms. The van der Waals surface area contributed by atoms with Gasteiger partial charge in [0.2, 0.25) is 5.91 Å². The third-order valence-electron chi connectivity index (χ3n) is 5.55. The Kier molecular flexibility index (Phi) is 7.72. The summed E-state index contributed by atoms with van der Waals surface area (Å²) in [6, 6.07) is 17.0. The largest absolute Gasteiger partial charge is 0.465 e. The minimum Gasteiger partial charge on any atom is -0.465 e. The molecule has 0 saturated heterocycles. The molecule has 0 bridgehead atoms. The van der Waals surface area contributed by atoms with Crippen LogP contribution in [0.5, 0.6) is 0 Å². The van der Waals surface area contributed by atoms with Gasteiger partial charge in [0.1, 0.15) is 11.5 Å². The number of para-hydroxylation sites is 1. The summed E-state index contributed by atoms with van der Waals surface area (Å²) in [6.45, 7) is 6.25. The number of hydrogen-bond donors (Lipinski definition) is 2. The maximum absolute atomic E-state index is 12.7. The number of aromatic nitrogens is 2. The standard InChI is InChI=1S/C27H28N4O3S/c1-4-20-8-5-7-18(2)25(20)30-24(32)17-35-27-28-13-14-31(27)22-10-6-9-21(15-22)26(33)29-16-23-12-11-19(3)34-23/h5-15H,4,16-17H2,1-3H3,(H,29,33)(H,30,32). The molecular formula is C27H28N4O3S. The van der Waals surface area contributed by atoms with Crippen LogP contribution in [0.15, 0.2) is 76.6 Å². The van der Waals surface area contributed by atoms with Crippen LogP contribution in [-0.2, 0) is 17.8 Å². The Morgan fingerprint density at radius 3 is 2.69 bits per heavy atom. The summed E-state index contributed by atoms with van der Waals surface area (Å²) < 4.78 is 7.38. The van der Waals surface area contributed by atoms with Gasteiger partial charge in [-0.1, -0.05) is 43.0 Å². The number of thioether (sulfide) groups is 1. The molecule has 0 atom stereocenters. The van der Waals surface area contributed by atoms with Gasteiger partial charge in [-0.15, -0.1) is 0 Å². The molecule has 2 amide bonds. The third kappa shape index (κ3) is 6.02. The summed E-state index contributed by atoms with van der Waals surface area (Å²) in [5, 5.41) is 6.59. The molecular weight excluding hydrogens is 460 g/mol. The molecule has 0 aliphatic carbocycles. The van der Waals surface area contributed by atoms with Gasteiger partial charge in [-0.2, -0.15) is 0 Å². The van der Waals surface area contributed by atoms with Crippen molar-refractivity contribution in [2.24, 2.45) is 0 Å². The molecule has 2 aromatic heterocycles. The number of carbonyl (C=O) groups excluding carboxylic acids is 2. The highest BCUT2D eigenvalue weighted by Gasteiger charge is 2.14. The lowest BCUT2D eigenvalue weighted by Gasteiger charge is -2.13. The zero-order chi connectivity index (χ0) is 24.8. The predicted molar refractivity (Wildman–Crippen MR) is 138 cm³/mol. The van der Waals surface area contributed by atoms with Crippen LogP contribution in [0.2, 0.25) is 0 Å². The van der Waals surface area contributed by atoms with E-state index in [0.717, 1.165) is 34.7 Å². The van der Waals surface area contributed by atoms with Crippen LogP contribution in [0.1, 0.15) is 39.9 Å². The predicted octanol–water partition coefficient (Wildman–Crippen LogP) is 5.31. The van der Waals surface area contributed by atoms with Gasteiger partial charge >= 0.3 is 0 Å². The van der Waals surface area contributed by atoms with Crippen molar-refractivity contribution in [3.05, 3.63) is 95.2 Å². The number of amides is 2. The van der Waals surface area contributed by atoms with Crippen molar-refractivity contribution in [1.82, 2.24) is 14.9 Å². The summed E-state index contributed by atoms with van der Waals surface area (Å²) in [5.41, 5.74) is 4.36. The Morgan fingerprint density at radius 2 is 1.91 bits per heavy atom. The van der Waals surface area contributed by atoms with E-state index in [1.165, 1.54) is 11.8 Å². The number of hydrogen-bond acceptors (Lipinski definition) is 5. The molecule has 4 aromatic rings. The smallest absolute Gasteiger partial charge is 0.251 e. The van der Waals surface area contributed by atoms with Gasteiger partial charge in [-0.05, 0) is 61.7 Å². The Bertz CT molecular complexity index is 1340. The number of aryl methyl sites for hydroxylation is 3. The lowest BCUT2D eigenvalue weighted by molar-refractivity contribution is -0.113. The van der Waals surface area contributed by atoms with E-state index in [0.29, 0.717) is 23.0 Å². The van der Waals surface area contributed by atoms with Gasteiger partial charge in [-0.25, -0.2) is 4.98 Å². The Hall–Kier alpha value is -3.78. The van der Waals surface area contributed by atoms with Crippen LogP contribution in [0, 0.1) is 13.8 Å². The molecule has 35 heavy (non-hydrogen) atoms. The molecule has 0 aliphatic rings. The zero-order valence-corrected chi connectivity index (χ0v) is 20.8. The number of imidazole rings is 1. The number of anilines is 1. The minimum absolute atomic E-state index is 0.0881. The minimum atomic E-state index is -0.195. The summed E-state index contributed by atoms with van der Waals surface area (Å²) in [4.78, 5) is 29.8. The fraction of sp³-hybridized carbons (Fsp3) is 0.222. The summed E-state index contributed by atoms with van der Waals surface area (Å²) in [6.07, 6.45) is 4.35. The first-order valence-electron chi connectivity index (χ1n) is 11.4. The van der Waals surface area contributed by atoms with Crippen LogP contribution in [-0.4, -0.2) is 27.1 Å². The monoisotopic (exact) mass is 488 g/mol. The van der Waals surface area contributed by atoms with Crippen molar-refractivity contribution in [1.29, 1.82) is 0 Å². The highest BCUT2D eigenvalue weighted by atomic mass is 32.2. The van der Waals surface area contributed by atoms with Gasteiger partial charge in [0.05, 0.1) is 12.3 Å². The first-order valence-corrected chi connectivity index (χ1v) is 12.4. The van der Waals surface area contributed by atoms with Gasteiger partial charge in [-0.3, -0.25) is 14.2 Å². The average molecular weight is 489 g/mol. The maximum atomic E-state index is 12.7. The number of rotatable bonds is 9. The second-order valence-electron chi connectivity index (χ2n) is 8.12. The molecule has 2 N–H and O–H groups in total. The molecule has 0 saturated carbocycles. The highest BCUT2D eigenvalue weighted by Crippen LogP contribution is 2.24. The molecule has 4 rings (SSSR count). The van der Waals surface area contributed by atoms with E-state index in [1.54, 1.807) is 18.3 Å². The summed E-state index contributed by atoms with van der Waals surface area (Å²) in [5.74, 6) is 1.45. The van der Waals surface area contributed by atoms with Gasteiger partial charge in [0.25, 0.3) is 5.91 Å². The number of nitrogens with zero attached hydrogens (tertiary/aromatic N) is 2. The van der Waals surface area contributed by atoms with Gasteiger partial charge < -0.3 is 15.1 Å². The highest BCUT2D eigenvalue weighted by molar-refractivity contribution is 7.99. The number of carbonyl (C=O) groups is 2. The molecule has 2 aromatic carbocycles. The molecule has 0 unspecified atom stereocenters. The van der Waals surface area contributed by atoms with E-state index in [2.05, 4.69) is 22.5 Å². The fourth-order valence-electron chi connectivity index (χ4n) is 3.75. The topological polar surface area (TPSA) is 89.2 Å². The second kappa shape index (κ2) is 11.1. The van der Waals surface area contributed by atoms with E-state index in [9.17, 15) is 9.59 Å². The first kappa shape index (κ1) is 24.3. The first-order chi connectivity index (χ1) is 16.9. The van der Waals surface area contributed by atoms with E-state index < -0.39 is 0 Å².